The van der Waals surface area contributed by atoms with Gasteiger partial charge in [0.2, 0.25) is 0 Å². The Morgan fingerprint density at radius 3 is 2.59 bits per heavy atom. The van der Waals surface area contributed by atoms with Gasteiger partial charge in [-0.25, -0.2) is 9.49 Å². The van der Waals surface area contributed by atoms with E-state index in [9.17, 15) is 13.8 Å². The molecule has 1 N–H and O–H groups in total. The van der Waals surface area contributed by atoms with Crippen LogP contribution in [0.2, 0.25) is 0 Å². The monoisotopic (exact) mass is 385 g/mol. The first kappa shape index (κ1) is 18.1. The van der Waals surface area contributed by atoms with Crippen molar-refractivity contribution in [2.75, 3.05) is 32.5 Å². The van der Waals surface area contributed by atoms with Crippen LogP contribution >= 0.6 is 7.14 Å². The Bertz CT molecular complexity index is 1100. The van der Waals surface area contributed by atoms with Crippen LogP contribution in [0.3, 0.4) is 0 Å². The molecule has 4 rings (SSSR count). The van der Waals surface area contributed by atoms with Crippen molar-refractivity contribution in [3.8, 4) is 0 Å². The summed E-state index contributed by atoms with van der Waals surface area (Å²) in [5.41, 5.74) is 1.32. The SMILES string of the molecule is CN1CCP(=O)(c2cc(Cc3n[nH]c(=O)c4ccccc34)ccc2F)CC1. The van der Waals surface area contributed by atoms with E-state index >= 15 is 0 Å². The lowest BCUT2D eigenvalue weighted by molar-refractivity contribution is 0.361. The van der Waals surface area contributed by atoms with Gasteiger partial charge in [-0.05, 0) is 30.8 Å². The fourth-order valence-electron chi connectivity index (χ4n) is 3.61. The topological polar surface area (TPSA) is 66.1 Å². The van der Waals surface area contributed by atoms with Gasteiger partial charge in [0.15, 0.2) is 0 Å². The maximum Gasteiger partial charge on any atom is 0.272 e. The van der Waals surface area contributed by atoms with Gasteiger partial charge in [0.1, 0.15) is 13.0 Å². The van der Waals surface area contributed by atoms with Gasteiger partial charge in [0, 0.05) is 42.5 Å². The molecule has 1 aliphatic rings. The second-order valence-electron chi connectivity index (χ2n) is 7.15. The molecule has 1 saturated heterocycles. The van der Waals surface area contributed by atoms with Crippen molar-refractivity contribution in [1.82, 2.24) is 15.1 Å². The summed E-state index contributed by atoms with van der Waals surface area (Å²) in [5, 5.41) is 8.41. The molecule has 2 heterocycles. The van der Waals surface area contributed by atoms with E-state index in [0.717, 1.165) is 10.9 Å². The summed E-state index contributed by atoms with van der Waals surface area (Å²) in [6.45, 7) is 1.43. The van der Waals surface area contributed by atoms with Crippen molar-refractivity contribution in [3.05, 3.63) is 69.9 Å². The van der Waals surface area contributed by atoms with Crippen LogP contribution in [0.1, 0.15) is 11.3 Å². The normalized spacial score (nSPS) is 17.3. The first-order valence-electron chi connectivity index (χ1n) is 8.98. The highest BCUT2D eigenvalue weighted by molar-refractivity contribution is 7.71. The van der Waals surface area contributed by atoms with Gasteiger partial charge in [0.25, 0.3) is 5.56 Å². The lowest BCUT2D eigenvalue weighted by Gasteiger charge is -2.30. The number of nitrogens with one attached hydrogen (secondary N) is 1. The molecular formula is C20H21FN3O2P. The minimum Gasteiger partial charge on any atom is -0.318 e. The molecule has 0 unspecified atom stereocenters. The third-order valence-electron chi connectivity index (χ3n) is 5.28. The lowest BCUT2D eigenvalue weighted by atomic mass is 10.0. The average Bonchev–Trinajstić information content (AvgIpc) is 2.68. The Labute approximate surface area is 156 Å². The van der Waals surface area contributed by atoms with Crippen LogP contribution in [0.25, 0.3) is 10.8 Å². The van der Waals surface area contributed by atoms with E-state index in [1.807, 2.05) is 25.2 Å². The van der Waals surface area contributed by atoms with Crippen molar-refractivity contribution in [2.45, 2.75) is 6.42 Å². The highest BCUT2D eigenvalue weighted by Gasteiger charge is 2.31. The molecule has 2 aromatic carbocycles. The molecule has 0 saturated carbocycles. The quantitative estimate of drug-likeness (QED) is 0.704. The zero-order valence-corrected chi connectivity index (χ0v) is 16.0. The molecule has 0 aliphatic carbocycles. The molecule has 5 nitrogen and oxygen atoms in total. The minimum atomic E-state index is -2.72. The molecule has 7 heteroatoms. The minimum absolute atomic E-state index is 0.232. The molecule has 140 valence electrons. The zero-order valence-electron chi connectivity index (χ0n) is 15.1. The van der Waals surface area contributed by atoms with Crippen molar-refractivity contribution in [1.29, 1.82) is 0 Å². The molecule has 0 atom stereocenters. The third-order valence-corrected chi connectivity index (χ3v) is 8.35. The highest BCUT2D eigenvalue weighted by Crippen LogP contribution is 2.46. The Hall–Kier alpha value is -2.30. The van der Waals surface area contributed by atoms with Gasteiger partial charge in [0.05, 0.1) is 11.1 Å². The molecule has 1 fully saturated rings. The summed E-state index contributed by atoms with van der Waals surface area (Å²) in [6.07, 6.45) is 1.44. The maximum absolute atomic E-state index is 14.5. The smallest absolute Gasteiger partial charge is 0.272 e. The summed E-state index contributed by atoms with van der Waals surface area (Å²) < 4.78 is 27.8. The van der Waals surface area contributed by atoms with Crippen LogP contribution in [0, 0.1) is 5.82 Å². The van der Waals surface area contributed by atoms with E-state index in [2.05, 4.69) is 15.1 Å². The number of aromatic nitrogens is 2. The van der Waals surface area contributed by atoms with E-state index < -0.39 is 13.0 Å². The van der Waals surface area contributed by atoms with Crippen molar-refractivity contribution in [3.63, 3.8) is 0 Å². The summed E-state index contributed by atoms with van der Waals surface area (Å²) in [7, 11) is -0.734. The first-order valence-corrected chi connectivity index (χ1v) is 11.1. The molecule has 0 radical (unpaired) electrons. The van der Waals surface area contributed by atoms with Gasteiger partial charge in [-0.1, -0.05) is 24.3 Å². The third kappa shape index (κ3) is 3.47. The fraction of sp³-hybridized carbons (Fsp3) is 0.300. The van der Waals surface area contributed by atoms with Gasteiger partial charge in [-0.2, -0.15) is 5.10 Å². The van der Waals surface area contributed by atoms with Crippen molar-refractivity contribution < 1.29 is 8.96 Å². The number of H-pyrrole nitrogens is 1. The second-order valence-corrected chi connectivity index (χ2v) is 10.3. The van der Waals surface area contributed by atoms with E-state index in [-0.39, 0.29) is 5.56 Å². The van der Waals surface area contributed by atoms with Crippen LogP contribution in [-0.4, -0.2) is 47.6 Å². The van der Waals surface area contributed by atoms with Gasteiger partial charge in [-0.3, -0.25) is 4.79 Å². The number of benzene rings is 2. The van der Waals surface area contributed by atoms with Crippen LogP contribution in [0.5, 0.6) is 0 Å². The molecular weight excluding hydrogens is 364 g/mol. The molecule has 0 amide bonds. The largest absolute Gasteiger partial charge is 0.318 e. The Morgan fingerprint density at radius 2 is 1.85 bits per heavy atom. The number of fused-ring (bicyclic) bond motifs is 1. The lowest BCUT2D eigenvalue weighted by Crippen LogP contribution is -2.34. The standard InChI is InChI=1S/C20H21FN3O2P/c1-24-8-10-27(26,11-9-24)19-13-14(6-7-17(19)21)12-18-15-4-2-3-5-16(15)20(25)23-22-18/h2-7,13H,8-12H2,1H3,(H,23,25). The summed E-state index contributed by atoms with van der Waals surface area (Å²) in [6, 6.07) is 12.1. The number of hydrogen-bond donors (Lipinski definition) is 1. The molecule has 0 spiro atoms. The van der Waals surface area contributed by atoms with E-state index in [4.69, 9.17) is 0 Å². The fourth-order valence-corrected chi connectivity index (χ4v) is 6.51. The number of aromatic amines is 1. The Morgan fingerprint density at radius 1 is 1.15 bits per heavy atom. The predicted octanol–water partition coefficient (Wildman–Crippen LogP) is 2.59. The molecule has 0 bridgehead atoms. The van der Waals surface area contributed by atoms with E-state index in [1.54, 1.807) is 18.2 Å². The average molecular weight is 385 g/mol. The zero-order chi connectivity index (χ0) is 19.0. The number of halogens is 1. The van der Waals surface area contributed by atoms with Crippen molar-refractivity contribution >= 4 is 23.2 Å². The predicted molar refractivity (Wildman–Crippen MR) is 106 cm³/mol. The molecule has 27 heavy (non-hydrogen) atoms. The van der Waals surface area contributed by atoms with Crippen molar-refractivity contribution in [2.24, 2.45) is 0 Å². The van der Waals surface area contributed by atoms with Gasteiger partial charge < -0.3 is 9.46 Å². The van der Waals surface area contributed by atoms with E-state index in [0.29, 0.717) is 48.2 Å². The molecule has 3 aromatic rings. The Balaban J connectivity index is 1.72. The van der Waals surface area contributed by atoms with Crippen LogP contribution < -0.4 is 10.9 Å². The van der Waals surface area contributed by atoms with Crippen LogP contribution in [0.4, 0.5) is 4.39 Å². The number of rotatable bonds is 3. The summed E-state index contributed by atoms with van der Waals surface area (Å²) in [4.78, 5) is 14.1. The van der Waals surface area contributed by atoms with Crippen LogP contribution in [-0.2, 0) is 11.0 Å². The summed E-state index contributed by atoms with van der Waals surface area (Å²) in [5.74, 6) is -0.397. The highest BCUT2D eigenvalue weighted by atomic mass is 31.2. The maximum atomic E-state index is 14.5. The van der Waals surface area contributed by atoms with Crippen LogP contribution in [0.15, 0.2) is 47.3 Å². The molecule has 1 aliphatic heterocycles. The number of nitrogens with zero attached hydrogens (tertiary/aromatic N) is 2. The van der Waals surface area contributed by atoms with Gasteiger partial charge in [-0.15, -0.1) is 0 Å². The second kappa shape index (κ2) is 7.02. The first-order chi connectivity index (χ1) is 13.0. The molecule has 1 aromatic heterocycles. The Kier molecular flexibility index (Phi) is 4.70. The number of hydrogen-bond acceptors (Lipinski definition) is 4. The van der Waals surface area contributed by atoms with Gasteiger partial charge >= 0.3 is 0 Å². The van der Waals surface area contributed by atoms with E-state index in [1.165, 1.54) is 6.07 Å². The summed E-state index contributed by atoms with van der Waals surface area (Å²) >= 11 is 0.